The summed E-state index contributed by atoms with van der Waals surface area (Å²) in [6.45, 7) is 3.81. The number of hydrogen-bond donors (Lipinski definition) is 0. The Morgan fingerprint density at radius 2 is 1.55 bits per heavy atom. The molecule has 2 heterocycles. The molecule has 0 saturated carbocycles. The van der Waals surface area contributed by atoms with Gasteiger partial charge in [0.05, 0.1) is 13.1 Å². The topological polar surface area (TPSA) is 52.6 Å². The number of nitrogens with zero attached hydrogens (tertiary/aromatic N) is 5. The summed E-state index contributed by atoms with van der Waals surface area (Å²) in [5, 5.41) is 0. The molecule has 0 spiro atoms. The Kier molecular flexibility index (Phi) is 7.92. The summed E-state index contributed by atoms with van der Waals surface area (Å²) in [6, 6.07) is 17.7. The Morgan fingerprint density at radius 3 is 2.19 bits per heavy atom. The van der Waals surface area contributed by atoms with Crippen molar-refractivity contribution in [3.8, 4) is 0 Å². The van der Waals surface area contributed by atoms with Crippen LogP contribution in [0.25, 0.3) is 0 Å². The Balaban J connectivity index is 0.00000272. The van der Waals surface area contributed by atoms with Gasteiger partial charge in [0.25, 0.3) is 0 Å². The van der Waals surface area contributed by atoms with Gasteiger partial charge in [-0.2, -0.15) is 0 Å². The molecule has 162 valence electrons. The van der Waals surface area contributed by atoms with Gasteiger partial charge >= 0.3 is 0 Å². The first kappa shape index (κ1) is 22.7. The van der Waals surface area contributed by atoms with E-state index in [1.54, 1.807) is 35.5 Å². The third-order valence-corrected chi connectivity index (χ3v) is 5.19. The maximum Gasteiger partial charge on any atom is 0.241 e. The fourth-order valence-corrected chi connectivity index (χ4v) is 3.55. The molecule has 6 nitrogen and oxygen atoms in total. The minimum atomic E-state index is -0.315. The molecule has 2 aromatic carbocycles. The number of benzene rings is 2. The third-order valence-electron chi connectivity index (χ3n) is 5.19. The van der Waals surface area contributed by atoms with Gasteiger partial charge in [-0.1, -0.05) is 30.3 Å². The quantitative estimate of drug-likeness (QED) is 0.539. The lowest BCUT2D eigenvalue weighted by Gasteiger charge is -2.35. The zero-order valence-electron chi connectivity index (χ0n) is 17.1. The van der Waals surface area contributed by atoms with Crippen LogP contribution in [0.1, 0.15) is 5.56 Å². The normalized spacial score (nSPS) is 14.0. The van der Waals surface area contributed by atoms with E-state index in [0.29, 0.717) is 18.8 Å². The van der Waals surface area contributed by atoms with Crippen molar-refractivity contribution in [3.63, 3.8) is 0 Å². The minimum absolute atomic E-state index is 0. The van der Waals surface area contributed by atoms with Gasteiger partial charge in [-0.05, 0) is 35.9 Å². The molecule has 1 aliphatic rings. The van der Waals surface area contributed by atoms with Gasteiger partial charge in [0.1, 0.15) is 5.82 Å². The van der Waals surface area contributed by atoms with Crippen molar-refractivity contribution in [1.82, 2.24) is 14.9 Å². The van der Waals surface area contributed by atoms with Crippen LogP contribution in [0.15, 0.2) is 73.1 Å². The molecule has 1 aliphatic heterocycles. The lowest BCUT2D eigenvalue weighted by molar-refractivity contribution is -0.120. The van der Waals surface area contributed by atoms with Crippen LogP contribution in [-0.4, -0.2) is 53.5 Å². The molecule has 1 fully saturated rings. The predicted octanol–water partition coefficient (Wildman–Crippen LogP) is -0.0249. The van der Waals surface area contributed by atoms with Crippen LogP contribution in [0.2, 0.25) is 0 Å². The van der Waals surface area contributed by atoms with E-state index in [2.05, 4.69) is 19.8 Å². The maximum atomic E-state index is 13.4. The number of aromatic nitrogens is 2. The zero-order chi connectivity index (χ0) is 20.8. The van der Waals surface area contributed by atoms with Crippen molar-refractivity contribution >= 4 is 17.5 Å². The number of carbonyl (C=O) groups excluding carboxylic acids is 1. The van der Waals surface area contributed by atoms with E-state index < -0.39 is 0 Å². The molecule has 4 rings (SSSR count). The van der Waals surface area contributed by atoms with Crippen LogP contribution < -0.4 is 22.2 Å². The SMILES string of the molecule is O=C(CN1CCN(c2ncccn2)CC1)N(Cc1ccccc1)c1ccc(F)cc1.[Cl-]. The van der Waals surface area contributed by atoms with Crippen LogP contribution in [0, 0.1) is 5.82 Å². The van der Waals surface area contributed by atoms with Crippen molar-refractivity contribution in [1.29, 1.82) is 0 Å². The number of amides is 1. The second-order valence-electron chi connectivity index (χ2n) is 7.25. The van der Waals surface area contributed by atoms with Gasteiger partial charge in [0.2, 0.25) is 11.9 Å². The Morgan fingerprint density at radius 1 is 0.903 bits per heavy atom. The average Bonchev–Trinajstić information content (AvgIpc) is 2.80. The number of piperazine rings is 1. The van der Waals surface area contributed by atoms with Gasteiger partial charge in [0.15, 0.2) is 0 Å². The van der Waals surface area contributed by atoms with E-state index in [1.165, 1.54) is 12.1 Å². The van der Waals surface area contributed by atoms with Crippen LogP contribution in [0.5, 0.6) is 0 Å². The Bertz CT molecular complexity index is 951. The number of anilines is 2. The average molecular weight is 441 g/mol. The number of halogens is 2. The van der Waals surface area contributed by atoms with Gasteiger partial charge < -0.3 is 22.2 Å². The predicted molar refractivity (Wildman–Crippen MR) is 115 cm³/mol. The van der Waals surface area contributed by atoms with Crippen LogP contribution in [0.3, 0.4) is 0 Å². The molecule has 0 atom stereocenters. The lowest BCUT2D eigenvalue weighted by Crippen LogP contribution is -3.00. The van der Waals surface area contributed by atoms with Crippen LogP contribution >= 0.6 is 0 Å². The molecule has 1 saturated heterocycles. The molecule has 0 unspecified atom stereocenters. The number of rotatable bonds is 6. The second kappa shape index (κ2) is 10.8. The smallest absolute Gasteiger partial charge is 0.241 e. The van der Waals surface area contributed by atoms with Gasteiger partial charge in [-0.25, -0.2) is 14.4 Å². The number of carbonyl (C=O) groups is 1. The third kappa shape index (κ3) is 5.99. The van der Waals surface area contributed by atoms with Gasteiger partial charge in [-0.3, -0.25) is 9.69 Å². The molecule has 0 radical (unpaired) electrons. The summed E-state index contributed by atoms with van der Waals surface area (Å²) in [6.07, 6.45) is 3.48. The fourth-order valence-electron chi connectivity index (χ4n) is 3.55. The van der Waals surface area contributed by atoms with E-state index in [1.807, 2.05) is 30.3 Å². The first-order valence-electron chi connectivity index (χ1n) is 10.0. The van der Waals surface area contributed by atoms with E-state index in [4.69, 9.17) is 0 Å². The summed E-state index contributed by atoms with van der Waals surface area (Å²) in [5.41, 5.74) is 1.72. The van der Waals surface area contributed by atoms with Crippen molar-refractivity contribution in [2.75, 3.05) is 42.5 Å². The highest BCUT2D eigenvalue weighted by molar-refractivity contribution is 5.94. The second-order valence-corrected chi connectivity index (χ2v) is 7.25. The summed E-state index contributed by atoms with van der Waals surface area (Å²) >= 11 is 0. The van der Waals surface area contributed by atoms with Gasteiger partial charge in [0, 0.05) is 44.3 Å². The highest BCUT2D eigenvalue weighted by Crippen LogP contribution is 2.19. The molecular weight excluding hydrogens is 417 g/mol. The van der Waals surface area contributed by atoms with Crippen LogP contribution in [0.4, 0.5) is 16.0 Å². The molecule has 1 aromatic heterocycles. The van der Waals surface area contributed by atoms with Crippen LogP contribution in [-0.2, 0) is 11.3 Å². The highest BCUT2D eigenvalue weighted by Gasteiger charge is 2.24. The molecular formula is C23H24ClFN5O-. The number of hydrogen-bond acceptors (Lipinski definition) is 5. The summed E-state index contributed by atoms with van der Waals surface area (Å²) < 4.78 is 13.4. The minimum Gasteiger partial charge on any atom is -1.00 e. The van der Waals surface area contributed by atoms with E-state index in [-0.39, 0.29) is 24.1 Å². The first-order valence-corrected chi connectivity index (χ1v) is 10.0. The van der Waals surface area contributed by atoms with E-state index in [0.717, 1.165) is 37.7 Å². The van der Waals surface area contributed by atoms with E-state index in [9.17, 15) is 9.18 Å². The molecule has 31 heavy (non-hydrogen) atoms. The molecule has 0 N–H and O–H groups in total. The first-order chi connectivity index (χ1) is 14.7. The highest BCUT2D eigenvalue weighted by atomic mass is 35.5. The summed E-state index contributed by atoms with van der Waals surface area (Å²) in [4.78, 5) is 27.8. The van der Waals surface area contributed by atoms with E-state index >= 15 is 0 Å². The molecule has 0 aliphatic carbocycles. The monoisotopic (exact) mass is 440 g/mol. The zero-order valence-corrected chi connectivity index (χ0v) is 17.8. The largest absolute Gasteiger partial charge is 1.00 e. The maximum absolute atomic E-state index is 13.4. The lowest BCUT2D eigenvalue weighted by atomic mass is 10.2. The van der Waals surface area contributed by atoms with Crippen molar-refractivity contribution in [2.24, 2.45) is 0 Å². The Labute approximate surface area is 187 Å². The summed E-state index contributed by atoms with van der Waals surface area (Å²) in [5.74, 6) is 0.403. The van der Waals surface area contributed by atoms with Crippen molar-refractivity contribution < 1.29 is 21.6 Å². The van der Waals surface area contributed by atoms with Crippen molar-refractivity contribution in [3.05, 3.63) is 84.4 Å². The van der Waals surface area contributed by atoms with Gasteiger partial charge in [-0.15, -0.1) is 0 Å². The summed E-state index contributed by atoms with van der Waals surface area (Å²) in [7, 11) is 0. The fraction of sp³-hybridized carbons (Fsp3) is 0.261. The van der Waals surface area contributed by atoms with Crippen molar-refractivity contribution in [2.45, 2.75) is 6.54 Å². The molecule has 8 heteroatoms. The standard InChI is InChI=1S/C23H24FN5O.ClH/c24-20-7-9-21(10-8-20)29(17-19-5-2-1-3-6-19)22(30)18-27-13-15-28(16-14-27)23-25-11-4-12-26-23;/h1-12H,13-18H2;1H/p-1. The molecule has 3 aromatic rings. The Hall–Kier alpha value is -3.03. The molecule has 1 amide bonds. The molecule has 0 bridgehead atoms.